The molecule has 0 bridgehead atoms. The Bertz CT molecular complexity index is 638. The maximum absolute atomic E-state index is 12.4. The molecule has 2 unspecified atom stereocenters. The SMILES string of the molecule is CC(C)S(=O)(=O)c1ccc(C(=O)NC2CCCCC2CN)cc1. The molecule has 23 heavy (non-hydrogen) atoms. The Balaban J connectivity index is 2.08. The first-order valence-corrected chi connectivity index (χ1v) is 9.75. The van der Waals surface area contributed by atoms with Gasteiger partial charge in [-0.05, 0) is 63.4 Å². The first-order valence-electron chi connectivity index (χ1n) is 8.21. The fourth-order valence-electron chi connectivity index (χ4n) is 3.00. The van der Waals surface area contributed by atoms with Crippen LogP contribution < -0.4 is 11.1 Å². The number of hydrogen-bond donors (Lipinski definition) is 2. The number of nitrogens with one attached hydrogen (secondary N) is 1. The largest absolute Gasteiger partial charge is 0.349 e. The maximum Gasteiger partial charge on any atom is 0.251 e. The molecule has 2 atom stereocenters. The summed E-state index contributed by atoms with van der Waals surface area (Å²) in [5.74, 6) is 0.164. The maximum atomic E-state index is 12.4. The van der Waals surface area contributed by atoms with Crippen LogP contribution in [0, 0.1) is 5.92 Å². The lowest BCUT2D eigenvalue weighted by Crippen LogP contribution is -2.44. The van der Waals surface area contributed by atoms with Crippen molar-refractivity contribution >= 4 is 15.7 Å². The Kier molecular flexibility index (Phi) is 5.81. The van der Waals surface area contributed by atoms with Gasteiger partial charge in [0.25, 0.3) is 5.91 Å². The van der Waals surface area contributed by atoms with Gasteiger partial charge in [-0.3, -0.25) is 4.79 Å². The second-order valence-corrected chi connectivity index (χ2v) is 8.98. The Morgan fingerprint density at radius 1 is 1.22 bits per heavy atom. The molecule has 2 rings (SSSR count). The number of carbonyl (C=O) groups excluding carboxylic acids is 1. The Morgan fingerprint density at radius 2 is 1.83 bits per heavy atom. The summed E-state index contributed by atoms with van der Waals surface area (Å²) < 4.78 is 24.2. The van der Waals surface area contributed by atoms with Crippen LogP contribution in [0.25, 0.3) is 0 Å². The minimum absolute atomic E-state index is 0.111. The molecule has 3 N–H and O–H groups in total. The van der Waals surface area contributed by atoms with E-state index in [4.69, 9.17) is 5.73 Å². The van der Waals surface area contributed by atoms with E-state index in [-0.39, 0.29) is 16.8 Å². The fourth-order valence-corrected chi connectivity index (χ4v) is 4.06. The summed E-state index contributed by atoms with van der Waals surface area (Å²) in [5.41, 5.74) is 6.27. The summed E-state index contributed by atoms with van der Waals surface area (Å²) in [5, 5.41) is 2.57. The van der Waals surface area contributed by atoms with Crippen molar-refractivity contribution in [2.45, 2.75) is 55.7 Å². The predicted molar refractivity (Wildman–Crippen MR) is 91.0 cm³/mol. The summed E-state index contributed by atoms with van der Waals surface area (Å²) in [6, 6.07) is 6.27. The van der Waals surface area contributed by atoms with E-state index in [2.05, 4.69) is 5.32 Å². The number of amides is 1. The normalized spacial score (nSPS) is 22.1. The van der Waals surface area contributed by atoms with Crippen molar-refractivity contribution in [1.29, 1.82) is 0 Å². The van der Waals surface area contributed by atoms with Gasteiger partial charge in [-0.2, -0.15) is 0 Å². The van der Waals surface area contributed by atoms with E-state index in [1.807, 2.05) is 0 Å². The van der Waals surface area contributed by atoms with Crippen molar-refractivity contribution in [3.05, 3.63) is 29.8 Å². The van der Waals surface area contributed by atoms with Crippen molar-refractivity contribution in [3.63, 3.8) is 0 Å². The molecule has 0 heterocycles. The fraction of sp³-hybridized carbons (Fsp3) is 0.588. The first-order chi connectivity index (χ1) is 10.9. The van der Waals surface area contributed by atoms with E-state index in [0.29, 0.717) is 18.0 Å². The van der Waals surface area contributed by atoms with E-state index in [1.165, 1.54) is 12.1 Å². The molecule has 1 aromatic carbocycles. The van der Waals surface area contributed by atoms with E-state index in [1.54, 1.807) is 26.0 Å². The van der Waals surface area contributed by atoms with Crippen molar-refractivity contribution in [2.75, 3.05) is 6.54 Å². The van der Waals surface area contributed by atoms with Crippen LogP contribution in [0.2, 0.25) is 0 Å². The molecule has 0 aromatic heterocycles. The van der Waals surface area contributed by atoms with Crippen LogP contribution in [0.3, 0.4) is 0 Å². The van der Waals surface area contributed by atoms with Crippen molar-refractivity contribution in [1.82, 2.24) is 5.32 Å². The van der Waals surface area contributed by atoms with E-state index in [9.17, 15) is 13.2 Å². The molecule has 1 fully saturated rings. The molecule has 1 amide bonds. The second-order valence-electron chi connectivity index (χ2n) is 6.48. The number of carbonyl (C=O) groups is 1. The summed E-state index contributed by atoms with van der Waals surface area (Å²) in [6.07, 6.45) is 4.27. The van der Waals surface area contributed by atoms with Gasteiger partial charge in [-0.25, -0.2) is 8.42 Å². The van der Waals surface area contributed by atoms with Crippen LogP contribution in [0.1, 0.15) is 49.9 Å². The van der Waals surface area contributed by atoms with Gasteiger partial charge in [0, 0.05) is 11.6 Å². The van der Waals surface area contributed by atoms with E-state index < -0.39 is 15.1 Å². The Hall–Kier alpha value is -1.40. The lowest BCUT2D eigenvalue weighted by atomic mass is 9.84. The Morgan fingerprint density at radius 3 is 2.39 bits per heavy atom. The number of nitrogens with two attached hydrogens (primary N) is 1. The molecule has 0 radical (unpaired) electrons. The third-order valence-electron chi connectivity index (χ3n) is 4.59. The lowest BCUT2D eigenvalue weighted by Gasteiger charge is -2.31. The number of benzene rings is 1. The molecule has 1 aromatic rings. The predicted octanol–water partition coefficient (Wildman–Crippen LogP) is 2.12. The zero-order valence-electron chi connectivity index (χ0n) is 13.8. The zero-order chi connectivity index (χ0) is 17.0. The Labute approximate surface area is 138 Å². The average Bonchev–Trinajstić information content (AvgIpc) is 2.55. The molecule has 0 aliphatic heterocycles. The van der Waals surface area contributed by atoms with Crippen molar-refractivity contribution in [2.24, 2.45) is 11.7 Å². The first kappa shape index (κ1) is 17.9. The topological polar surface area (TPSA) is 89.3 Å². The number of sulfone groups is 1. The van der Waals surface area contributed by atoms with Gasteiger partial charge in [0.05, 0.1) is 10.1 Å². The second kappa shape index (κ2) is 7.45. The highest BCUT2D eigenvalue weighted by Crippen LogP contribution is 2.24. The number of hydrogen-bond acceptors (Lipinski definition) is 4. The summed E-state index contributed by atoms with van der Waals surface area (Å²) >= 11 is 0. The van der Waals surface area contributed by atoms with Crippen molar-refractivity contribution in [3.8, 4) is 0 Å². The van der Waals surface area contributed by atoms with Gasteiger partial charge in [0.1, 0.15) is 0 Å². The van der Waals surface area contributed by atoms with Gasteiger partial charge >= 0.3 is 0 Å². The highest BCUT2D eigenvalue weighted by atomic mass is 32.2. The van der Waals surface area contributed by atoms with Gasteiger partial charge < -0.3 is 11.1 Å². The third-order valence-corrected chi connectivity index (χ3v) is 6.76. The molecule has 6 heteroatoms. The smallest absolute Gasteiger partial charge is 0.251 e. The molecule has 1 aliphatic carbocycles. The van der Waals surface area contributed by atoms with Crippen LogP contribution in [-0.2, 0) is 9.84 Å². The minimum Gasteiger partial charge on any atom is -0.349 e. The molecule has 0 saturated heterocycles. The van der Waals surface area contributed by atoms with Crippen LogP contribution in [0.4, 0.5) is 0 Å². The van der Waals surface area contributed by atoms with Crippen LogP contribution in [-0.4, -0.2) is 32.2 Å². The van der Waals surface area contributed by atoms with Gasteiger partial charge in [-0.15, -0.1) is 0 Å². The molecule has 1 saturated carbocycles. The highest BCUT2D eigenvalue weighted by Gasteiger charge is 2.26. The summed E-state index contributed by atoms with van der Waals surface area (Å²) in [4.78, 5) is 12.6. The highest BCUT2D eigenvalue weighted by molar-refractivity contribution is 7.92. The zero-order valence-corrected chi connectivity index (χ0v) is 14.6. The van der Waals surface area contributed by atoms with Gasteiger partial charge in [0.2, 0.25) is 0 Å². The van der Waals surface area contributed by atoms with E-state index in [0.717, 1.165) is 25.7 Å². The molecule has 1 aliphatic rings. The van der Waals surface area contributed by atoms with E-state index >= 15 is 0 Å². The van der Waals surface area contributed by atoms with Crippen LogP contribution >= 0.6 is 0 Å². The monoisotopic (exact) mass is 338 g/mol. The lowest BCUT2D eigenvalue weighted by molar-refractivity contribution is 0.0908. The minimum atomic E-state index is -3.31. The number of rotatable bonds is 5. The third kappa shape index (κ3) is 4.12. The summed E-state index contributed by atoms with van der Waals surface area (Å²) in [7, 11) is -3.31. The summed E-state index contributed by atoms with van der Waals surface area (Å²) in [6.45, 7) is 3.87. The average molecular weight is 338 g/mol. The quantitative estimate of drug-likeness (QED) is 0.860. The molecule has 0 spiro atoms. The molecular formula is C17H26N2O3S. The molecular weight excluding hydrogens is 312 g/mol. The van der Waals surface area contributed by atoms with Crippen LogP contribution in [0.5, 0.6) is 0 Å². The van der Waals surface area contributed by atoms with Gasteiger partial charge in [0.15, 0.2) is 9.84 Å². The van der Waals surface area contributed by atoms with Crippen LogP contribution in [0.15, 0.2) is 29.2 Å². The standard InChI is InChI=1S/C17H26N2O3S/c1-12(2)23(21,22)15-9-7-13(8-10-15)17(20)19-16-6-4-3-5-14(16)11-18/h7-10,12,14,16H,3-6,11,18H2,1-2H3,(H,19,20). The van der Waals surface area contributed by atoms with Gasteiger partial charge in [-0.1, -0.05) is 12.8 Å². The molecule has 5 nitrogen and oxygen atoms in total. The molecule has 128 valence electrons. The van der Waals surface area contributed by atoms with Crippen molar-refractivity contribution < 1.29 is 13.2 Å².